The van der Waals surface area contributed by atoms with Gasteiger partial charge in [0.05, 0.1) is 6.54 Å². The average Bonchev–Trinajstić information content (AvgIpc) is 2.74. The van der Waals surface area contributed by atoms with Crippen molar-refractivity contribution >= 4 is 17.0 Å². The second-order valence-corrected chi connectivity index (χ2v) is 4.71. The summed E-state index contributed by atoms with van der Waals surface area (Å²) >= 11 is 1.63. The van der Waals surface area contributed by atoms with Crippen LogP contribution in [0.25, 0.3) is 0 Å². The number of aryl methyl sites for hydroxylation is 2. The van der Waals surface area contributed by atoms with E-state index in [1.54, 1.807) is 23.6 Å². The van der Waals surface area contributed by atoms with Crippen molar-refractivity contribution < 1.29 is 5.11 Å². The van der Waals surface area contributed by atoms with Gasteiger partial charge in [0.1, 0.15) is 10.8 Å². The van der Waals surface area contributed by atoms with Crippen molar-refractivity contribution in [1.82, 2.24) is 4.98 Å². The molecular formula is C12H14N2OS. The Balaban J connectivity index is 2.12. The summed E-state index contributed by atoms with van der Waals surface area (Å²) in [5.74, 6) is 0.345. The molecule has 4 heteroatoms. The standard InChI is InChI=1S/C12H14N2OS/c1-8-6-11(15)9(2)5-10(8)14-7-12-13-3-4-16-12/h3-6,14-15H,7H2,1-2H3. The number of phenols is 1. The normalized spacial score (nSPS) is 10.4. The van der Waals surface area contributed by atoms with Crippen molar-refractivity contribution in [3.8, 4) is 5.75 Å². The SMILES string of the molecule is Cc1cc(NCc2nccs2)c(C)cc1O. The van der Waals surface area contributed by atoms with Gasteiger partial charge < -0.3 is 10.4 Å². The molecule has 0 fully saturated rings. The van der Waals surface area contributed by atoms with Crippen molar-refractivity contribution in [2.75, 3.05) is 5.32 Å². The summed E-state index contributed by atoms with van der Waals surface area (Å²) in [6.45, 7) is 4.59. The Morgan fingerprint density at radius 3 is 2.81 bits per heavy atom. The van der Waals surface area contributed by atoms with E-state index in [4.69, 9.17) is 0 Å². The highest BCUT2D eigenvalue weighted by Crippen LogP contribution is 2.25. The molecule has 3 nitrogen and oxygen atoms in total. The Bertz CT molecular complexity index is 480. The van der Waals surface area contributed by atoms with Crippen molar-refractivity contribution in [1.29, 1.82) is 0 Å². The fourth-order valence-electron chi connectivity index (χ4n) is 1.50. The number of benzene rings is 1. The monoisotopic (exact) mass is 234 g/mol. The molecule has 0 saturated heterocycles. The highest BCUT2D eigenvalue weighted by molar-refractivity contribution is 7.09. The third-order valence-electron chi connectivity index (χ3n) is 2.46. The largest absolute Gasteiger partial charge is 0.508 e. The maximum absolute atomic E-state index is 9.54. The lowest BCUT2D eigenvalue weighted by Crippen LogP contribution is -2.00. The Hall–Kier alpha value is -1.55. The number of thiazole rings is 1. The number of aromatic hydroxyl groups is 1. The third kappa shape index (κ3) is 2.33. The maximum Gasteiger partial charge on any atom is 0.118 e. The second-order valence-electron chi connectivity index (χ2n) is 3.73. The van der Waals surface area contributed by atoms with Crippen LogP contribution in [0.2, 0.25) is 0 Å². The predicted molar refractivity (Wildman–Crippen MR) is 67.0 cm³/mol. The Labute approximate surface area is 98.8 Å². The number of nitrogens with one attached hydrogen (secondary N) is 1. The summed E-state index contributed by atoms with van der Waals surface area (Å²) in [6.07, 6.45) is 1.80. The molecule has 2 N–H and O–H groups in total. The molecule has 2 aromatic rings. The maximum atomic E-state index is 9.54. The molecule has 0 radical (unpaired) electrons. The van der Waals surface area contributed by atoms with Gasteiger partial charge in [0.15, 0.2) is 0 Å². The molecule has 2 rings (SSSR count). The molecule has 0 unspecified atom stereocenters. The Morgan fingerprint density at radius 1 is 1.31 bits per heavy atom. The van der Waals surface area contributed by atoms with Crippen LogP contribution in [-0.4, -0.2) is 10.1 Å². The molecule has 0 aliphatic rings. The number of hydrogen-bond donors (Lipinski definition) is 2. The Kier molecular flexibility index (Phi) is 3.10. The smallest absolute Gasteiger partial charge is 0.118 e. The molecule has 0 spiro atoms. The molecule has 1 aromatic heterocycles. The van der Waals surface area contributed by atoms with Gasteiger partial charge in [-0.1, -0.05) is 0 Å². The van der Waals surface area contributed by atoms with Crippen molar-refractivity contribution in [3.05, 3.63) is 39.8 Å². The van der Waals surface area contributed by atoms with E-state index in [-0.39, 0.29) is 0 Å². The van der Waals surface area contributed by atoms with Crippen LogP contribution in [-0.2, 0) is 6.54 Å². The van der Waals surface area contributed by atoms with E-state index in [2.05, 4.69) is 10.3 Å². The summed E-state index contributed by atoms with van der Waals surface area (Å²) in [5, 5.41) is 15.9. The van der Waals surface area contributed by atoms with Crippen molar-refractivity contribution in [3.63, 3.8) is 0 Å². The van der Waals surface area contributed by atoms with Gasteiger partial charge in [-0.15, -0.1) is 11.3 Å². The van der Waals surface area contributed by atoms with E-state index in [0.717, 1.165) is 28.4 Å². The van der Waals surface area contributed by atoms with Gasteiger partial charge in [0.2, 0.25) is 0 Å². The quantitative estimate of drug-likeness (QED) is 0.802. The van der Waals surface area contributed by atoms with Gasteiger partial charge in [-0.3, -0.25) is 0 Å². The lowest BCUT2D eigenvalue weighted by molar-refractivity contribution is 0.471. The van der Waals surface area contributed by atoms with E-state index in [9.17, 15) is 5.11 Å². The molecule has 0 aliphatic heterocycles. The lowest BCUT2D eigenvalue weighted by Gasteiger charge is -2.10. The molecule has 84 valence electrons. The molecule has 16 heavy (non-hydrogen) atoms. The first-order valence-corrected chi connectivity index (χ1v) is 5.97. The fraction of sp³-hybridized carbons (Fsp3) is 0.250. The number of nitrogens with zero attached hydrogens (tertiary/aromatic N) is 1. The number of hydrogen-bond acceptors (Lipinski definition) is 4. The molecule has 1 heterocycles. The number of anilines is 1. The van der Waals surface area contributed by atoms with Crippen LogP contribution in [0.4, 0.5) is 5.69 Å². The molecule has 0 atom stereocenters. The second kappa shape index (κ2) is 4.53. The van der Waals surface area contributed by atoms with E-state index in [1.807, 2.05) is 25.3 Å². The first-order valence-electron chi connectivity index (χ1n) is 5.09. The molecule has 0 aliphatic carbocycles. The average molecular weight is 234 g/mol. The minimum atomic E-state index is 0.345. The fourth-order valence-corrected chi connectivity index (χ4v) is 2.06. The lowest BCUT2D eigenvalue weighted by atomic mass is 10.1. The van der Waals surface area contributed by atoms with Crippen LogP contribution < -0.4 is 5.32 Å². The molecule has 0 saturated carbocycles. The summed E-state index contributed by atoms with van der Waals surface area (Å²) < 4.78 is 0. The zero-order valence-corrected chi connectivity index (χ0v) is 10.1. The molecule has 0 bridgehead atoms. The third-order valence-corrected chi connectivity index (χ3v) is 3.24. The topological polar surface area (TPSA) is 45.2 Å². The van der Waals surface area contributed by atoms with Gasteiger partial charge >= 0.3 is 0 Å². The summed E-state index contributed by atoms with van der Waals surface area (Å²) in [6, 6.07) is 3.73. The van der Waals surface area contributed by atoms with Crippen LogP contribution in [0.5, 0.6) is 5.75 Å². The summed E-state index contributed by atoms with van der Waals surface area (Å²) in [7, 11) is 0. The highest BCUT2D eigenvalue weighted by atomic mass is 32.1. The predicted octanol–water partition coefficient (Wildman–Crippen LogP) is 3.08. The summed E-state index contributed by atoms with van der Waals surface area (Å²) in [5.41, 5.74) is 2.97. The van der Waals surface area contributed by atoms with E-state index in [1.165, 1.54) is 0 Å². The van der Waals surface area contributed by atoms with Crippen LogP contribution in [0.15, 0.2) is 23.7 Å². The minimum Gasteiger partial charge on any atom is -0.508 e. The van der Waals surface area contributed by atoms with E-state index >= 15 is 0 Å². The molecular weight excluding hydrogens is 220 g/mol. The summed E-state index contributed by atoms with van der Waals surface area (Å²) in [4.78, 5) is 4.21. The van der Waals surface area contributed by atoms with E-state index in [0.29, 0.717) is 5.75 Å². The van der Waals surface area contributed by atoms with Crippen molar-refractivity contribution in [2.45, 2.75) is 20.4 Å². The van der Waals surface area contributed by atoms with Gasteiger partial charge in [-0.2, -0.15) is 0 Å². The number of phenolic OH excluding ortho intramolecular Hbond substituents is 1. The van der Waals surface area contributed by atoms with Gasteiger partial charge in [0, 0.05) is 17.3 Å². The van der Waals surface area contributed by atoms with E-state index < -0.39 is 0 Å². The minimum absolute atomic E-state index is 0.345. The van der Waals surface area contributed by atoms with Crippen LogP contribution in [0.1, 0.15) is 16.1 Å². The van der Waals surface area contributed by atoms with Crippen LogP contribution in [0, 0.1) is 13.8 Å². The zero-order chi connectivity index (χ0) is 11.5. The van der Waals surface area contributed by atoms with Gasteiger partial charge in [-0.25, -0.2) is 4.98 Å². The van der Waals surface area contributed by atoms with Crippen LogP contribution in [0.3, 0.4) is 0 Å². The first-order chi connectivity index (χ1) is 7.66. The molecule has 1 aromatic carbocycles. The van der Waals surface area contributed by atoms with Crippen molar-refractivity contribution in [2.24, 2.45) is 0 Å². The first kappa shape index (κ1) is 11.0. The highest BCUT2D eigenvalue weighted by Gasteiger charge is 2.03. The van der Waals surface area contributed by atoms with Gasteiger partial charge in [0.25, 0.3) is 0 Å². The van der Waals surface area contributed by atoms with Crippen LogP contribution >= 0.6 is 11.3 Å². The zero-order valence-electron chi connectivity index (χ0n) is 9.32. The number of aromatic nitrogens is 1. The molecule has 0 amide bonds. The Morgan fingerprint density at radius 2 is 2.12 bits per heavy atom. The van der Waals surface area contributed by atoms with Gasteiger partial charge in [-0.05, 0) is 37.1 Å². The number of rotatable bonds is 3.